The number of hydrogen-bond acceptors (Lipinski definition) is 7. The van der Waals surface area contributed by atoms with Gasteiger partial charge in [0.15, 0.2) is 0 Å². The van der Waals surface area contributed by atoms with E-state index in [4.69, 9.17) is 4.98 Å². The van der Waals surface area contributed by atoms with Crippen LogP contribution in [0.5, 0.6) is 0 Å². The molecule has 0 amide bonds. The summed E-state index contributed by atoms with van der Waals surface area (Å²) in [7, 11) is 0. The van der Waals surface area contributed by atoms with Crippen LogP contribution in [0.1, 0.15) is 10.7 Å². The van der Waals surface area contributed by atoms with E-state index < -0.39 is 0 Å². The summed E-state index contributed by atoms with van der Waals surface area (Å²) in [4.78, 5) is 22.5. The Labute approximate surface area is 151 Å². The highest BCUT2D eigenvalue weighted by Crippen LogP contribution is 2.19. The molecule has 1 aliphatic heterocycles. The van der Waals surface area contributed by atoms with Crippen molar-refractivity contribution in [1.82, 2.24) is 24.8 Å². The Morgan fingerprint density at radius 2 is 1.80 bits per heavy atom. The number of nitrogens with zero attached hydrogens (tertiary/aromatic N) is 6. The van der Waals surface area contributed by atoms with E-state index in [0.717, 1.165) is 54.9 Å². The summed E-state index contributed by atoms with van der Waals surface area (Å²) in [6.07, 6.45) is 5.41. The Hall–Kier alpha value is -2.38. The minimum atomic E-state index is 0.804. The van der Waals surface area contributed by atoms with Crippen molar-refractivity contribution in [2.45, 2.75) is 13.5 Å². The van der Waals surface area contributed by atoms with Gasteiger partial charge in [-0.15, -0.1) is 11.3 Å². The van der Waals surface area contributed by atoms with Crippen molar-refractivity contribution in [1.29, 1.82) is 0 Å². The van der Waals surface area contributed by atoms with Gasteiger partial charge in [-0.25, -0.2) is 15.0 Å². The largest absolute Gasteiger partial charge is 0.338 e. The molecule has 4 rings (SSSR count). The summed E-state index contributed by atoms with van der Waals surface area (Å²) in [6, 6.07) is 5.89. The van der Waals surface area contributed by atoms with Gasteiger partial charge in [-0.1, -0.05) is 0 Å². The first-order valence-electron chi connectivity index (χ1n) is 8.40. The van der Waals surface area contributed by atoms with E-state index in [-0.39, 0.29) is 0 Å². The zero-order valence-electron chi connectivity index (χ0n) is 14.2. The second kappa shape index (κ2) is 7.25. The van der Waals surface area contributed by atoms with Gasteiger partial charge in [0.2, 0.25) is 5.95 Å². The smallest absolute Gasteiger partial charge is 0.225 e. The van der Waals surface area contributed by atoms with Crippen molar-refractivity contribution in [2.24, 2.45) is 0 Å². The van der Waals surface area contributed by atoms with Gasteiger partial charge in [0, 0.05) is 62.3 Å². The van der Waals surface area contributed by atoms with Gasteiger partial charge >= 0.3 is 0 Å². The molecule has 3 aromatic heterocycles. The van der Waals surface area contributed by atoms with Crippen LogP contribution < -0.4 is 4.90 Å². The molecule has 0 bridgehead atoms. The predicted molar refractivity (Wildman–Crippen MR) is 99.6 cm³/mol. The van der Waals surface area contributed by atoms with Crippen LogP contribution in [0.3, 0.4) is 0 Å². The van der Waals surface area contributed by atoms with E-state index in [2.05, 4.69) is 37.1 Å². The van der Waals surface area contributed by atoms with Crippen LogP contribution in [0.4, 0.5) is 5.95 Å². The second-order valence-electron chi connectivity index (χ2n) is 6.10. The van der Waals surface area contributed by atoms with E-state index in [1.807, 2.05) is 24.4 Å². The predicted octanol–water partition coefficient (Wildman–Crippen LogP) is 2.63. The summed E-state index contributed by atoms with van der Waals surface area (Å²) >= 11 is 1.72. The fourth-order valence-electron chi connectivity index (χ4n) is 3.00. The highest BCUT2D eigenvalue weighted by molar-refractivity contribution is 7.09. The van der Waals surface area contributed by atoms with Crippen molar-refractivity contribution in [2.75, 3.05) is 31.1 Å². The van der Waals surface area contributed by atoms with Crippen LogP contribution in [0.25, 0.3) is 11.3 Å². The monoisotopic (exact) mass is 352 g/mol. The van der Waals surface area contributed by atoms with E-state index in [0.29, 0.717) is 0 Å². The Kier molecular flexibility index (Phi) is 4.67. The average Bonchev–Trinajstić information content (AvgIpc) is 3.08. The van der Waals surface area contributed by atoms with E-state index in [9.17, 15) is 0 Å². The highest BCUT2D eigenvalue weighted by atomic mass is 32.1. The maximum atomic E-state index is 4.74. The van der Waals surface area contributed by atoms with Crippen molar-refractivity contribution < 1.29 is 0 Å². The first kappa shape index (κ1) is 16.1. The second-order valence-corrected chi connectivity index (χ2v) is 7.16. The first-order valence-corrected chi connectivity index (χ1v) is 9.28. The number of aromatic nitrogens is 4. The Morgan fingerprint density at radius 3 is 2.52 bits per heavy atom. The summed E-state index contributed by atoms with van der Waals surface area (Å²) in [6.45, 7) is 6.85. The lowest BCUT2D eigenvalue weighted by atomic mass is 10.2. The average molecular weight is 352 g/mol. The molecule has 128 valence electrons. The number of thiazole rings is 1. The topological polar surface area (TPSA) is 58.0 Å². The molecule has 1 saturated heterocycles. The number of hydrogen-bond donors (Lipinski definition) is 0. The lowest BCUT2D eigenvalue weighted by Crippen LogP contribution is -2.46. The number of aryl methyl sites for hydroxylation is 1. The van der Waals surface area contributed by atoms with Crippen molar-refractivity contribution >= 4 is 17.3 Å². The Balaban J connectivity index is 1.41. The van der Waals surface area contributed by atoms with E-state index >= 15 is 0 Å². The molecule has 0 atom stereocenters. The molecular formula is C18H20N6S. The van der Waals surface area contributed by atoms with Crippen LogP contribution in [0.15, 0.2) is 42.2 Å². The molecule has 0 aromatic carbocycles. The number of rotatable bonds is 4. The molecule has 1 aliphatic rings. The lowest BCUT2D eigenvalue weighted by Gasteiger charge is -2.34. The minimum absolute atomic E-state index is 0.804. The Bertz CT molecular complexity index is 826. The lowest BCUT2D eigenvalue weighted by molar-refractivity contribution is 0.246. The van der Waals surface area contributed by atoms with Crippen LogP contribution in [0, 0.1) is 6.92 Å². The minimum Gasteiger partial charge on any atom is -0.338 e. The molecule has 0 N–H and O–H groups in total. The Morgan fingerprint density at radius 1 is 1.00 bits per heavy atom. The van der Waals surface area contributed by atoms with Gasteiger partial charge in [0.25, 0.3) is 0 Å². The van der Waals surface area contributed by atoms with Gasteiger partial charge in [0.05, 0.1) is 16.4 Å². The molecule has 0 spiro atoms. The third-order valence-corrected chi connectivity index (χ3v) is 5.15. The molecule has 1 fully saturated rings. The van der Waals surface area contributed by atoms with Crippen LogP contribution in [-0.4, -0.2) is 51.0 Å². The number of anilines is 1. The molecule has 0 radical (unpaired) electrons. The fraction of sp³-hybridized carbons (Fsp3) is 0.333. The van der Waals surface area contributed by atoms with Gasteiger partial charge in [-0.05, 0) is 25.1 Å². The third kappa shape index (κ3) is 3.83. The maximum Gasteiger partial charge on any atom is 0.225 e. The van der Waals surface area contributed by atoms with Crippen molar-refractivity contribution in [3.63, 3.8) is 0 Å². The normalized spacial score (nSPS) is 15.5. The first-order chi connectivity index (χ1) is 12.3. The molecule has 7 heteroatoms. The maximum absolute atomic E-state index is 4.74. The third-order valence-electron chi connectivity index (χ3n) is 4.33. The molecular weight excluding hydrogens is 332 g/mol. The number of piperazine rings is 1. The molecule has 0 unspecified atom stereocenters. The van der Waals surface area contributed by atoms with Gasteiger partial charge in [-0.2, -0.15) is 0 Å². The molecule has 25 heavy (non-hydrogen) atoms. The van der Waals surface area contributed by atoms with Crippen LogP contribution in [0.2, 0.25) is 0 Å². The molecule has 0 saturated carbocycles. The molecule has 3 aromatic rings. The van der Waals surface area contributed by atoms with Crippen molar-refractivity contribution in [3.8, 4) is 11.3 Å². The fourth-order valence-corrected chi connectivity index (χ4v) is 3.60. The molecule has 4 heterocycles. The van der Waals surface area contributed by atoms with Crippen LogP contribution in [-0.2, 0) is 6.54 Å². The quantitative estimate of drug-likeness (QED) is 0.719. The zero-order chi connectivity index (χ0) is 17.1. The summed E-state index contributed by atoms with van der Waals surface area (Å²) in [5.74, 6) is 0.804. The molecule has 6 nitrogen and oxygen atoms in total. The van der Waals surface area contributed by atoms with Crippen molar-refractivity contribution in [3.05, 3.63) is 52.9 Å². The SMILES string of the molecule is Cc1nc(CN2CCN(c3nccc(-c4ccncc4)n3)CC2)cs1. The zero-order valence-corrected chi connectivity index (χ0v) is 15.0. The van der Waals surface area contributed by atoms with Gasteiger partial charge in [0.1, 0.15) is 0 Å². The summed E-state index contributed by atoms with van der Waals surface area (Å²) in [5.41, 5.74) is 3.18. The van der Waals surface area contributed by atoms with Gasteiger partial charge < -0.3 is 4.90 Å². The summed E-state index contributed by atoms with van der Waals surface area (Å²) in [5, 5.41) is 3.29. The summed E-state index contributed by atoms with van der Waals surface area (Å²) < 4.78 is 0. The number of pyridine rings is 1. The van der Waals surface area contributed by atoms with Gasteiger partial charge in [-0.3, -0.25) is 9.88 Å². The standard InChI is InChI=1S/C18H20N6S/c1-14-21-16(13-25-14)12-23-8-10-24(11-9-23)18-20-7-4-17(22-18)15-2-5-19-6-3-15/h2-7,13H,8-12H2,1H3. The molecule has 0 aliphatic carbocycles. The van der Waals surface area contributed by atoms with Crippen LogP contribution >= 0.6 is 11.3 Å². The highest BCUT2D eigenvalue weighted by Gasteiger charge is 2.20. The van der Waals surface area contributed by atoms with E-state index in [1.54, 1.807) is 23.7 Å². The van der Waals surface area contributed by atoms with E-state index in [1.165, 1.54) is 5.69 Å².